The van der Waals surface area contributed by atoms with E-state index in [-0.39, 0.29) is 0 Å². The Labute approximate surface area is 107 Å². The van der Waals surface area contributed by atoms with Crippen LogP contribution in [0.2, 0.25) is 0 Å². The van der Waals surface area contributed by atoms with Gasteiger partial charge >= 0.3 is 0 Å². The quantitative estimate of drug-likeness (QED) is 0.855. The van der Waals surface area contributed by atoms with Crippen LogP contribution >= 0.6 is 11.3 Å². The van der Waals surface area contributed by atoms with Crippen molar-refractivity contribution >= 4 is 26.5 Å². The van der Waals surface area contributed by atoms with Crippen molar-refractivity contribution in [1.29, 1.82) is 0 Å². The van der Waals surface area contributed by atoms with E-state index >= 15 is 0 Å². The fraction of sp³-hybridized carbons (Fsp3) is 0.700. The molecule has 0 saturated carbocycles. The third-order valence-corrected chi connectivity index (χ3v) is 4.13. The third-order valence-electron chi connectivity index (χ3n) is 2.17. The number of rotatable bonds is 5. The second-order valence-corrected chi connectivity index (χ2v) is 7.72. The third kappa shape index (κ3) is 5.01. The van der Waals surface area contributed by atoms with Crippen LogP contribution in [0.15, 0.2) is 0 Å². The van der Waals surface area contributed by atoms with Gasteiger partial charge in [-0.25, -0.2) is 18.1 Å². The van der Waals surface area contributed by atoms with Gasteiger partial charge < -0.3 is 5.32 Å². The summed E-state index contributed by atoms with van der Waals surface area (Å²) in [6, 6.07) is 0. The lowest BCUT2D eigenvalue weighted by atomic mass is 10.1. The largest absolute Gasteiger partial charge is 0.360 e. The van der Waals surface area contributed by atoms with Crippen LogP contribution in [0.25, 0.3) is 0 Å². The Bertz CT molecular complexity index is 472. The van der Waals surface area contributed by atoms with Gasteiger partial charge in [-0.15, -0.1) is 11.3 Å². The van der Waals surface area contributed by atoms with E-state index in [2.05, 4.69) is 15.0 Å². The molecule has 0 spiro atoms. The molecule has 0 aliphatic carbocycles. The van der Waals surface area contributed by atoms with E-state index < -0.39 is 15.6 Å². The first-order chi connectivity index (χ1) is 7.59. The van der Waals surface area contributed by atoms with E-state index in [1.807, 2.05) is 27.7 Å². The number of thiazole rings is 1. The standard InChI is InChI=1S/C10H19N3O2S2/c1-7-8(2)16-9(12-7)11-6-10(3,4)13-17(5,14)15/h13H,6H2,1-5H3,(H,11,12). The maximum Gasteiger partial charge on any atom is 0.209 e. The fourth-order valence-corrected chi connectivity index (χ4v) is 3.27. The summed E-state index contributed by atoms with van der Waals surface area (Å²) in [5, 5.41) is 3.97. The zero-order valence-corrected chi connectivity index (χ0v) is 12.4. The SMILES string of the molecule is Cc1nc(NCC(C)(C)NS(C)(=O)=O)sc1C. The van der Waals surface area contributed by atoms with Crippen LogP contribution in [0.5, 0.6) is 0 Å². The highest BCUT2D eigenvalue weighted by Gasteiger charge is 2.22. The van der Waals surface area contributed by atoms with Gasteiger partial charge in [0.05, 0.1) is 11.9 Å². The topological polar surface area (TPSA) is 71.1 Å². The first kappa shape index (κ1) is 14.4. The molecule has 1 heterocycles. The Morgan fingerprint density at radius 3 is 2.35 bits per heavy atom. The first-order valence-corrected chi connectivity index (χ1v) is 7.97. The van der Waals surface area contributed by atoms with Crippen LogP contribution in [-0.4, -0.2) is 31.7 Å². The summed E-state index contributed by atoms with van der Waals surface area (Å²) in [6.45, 7) is 8.12. The molecule has 0 bridgehead atoms. The van der Waals surface area contributed by atoms with E-state index in [1.54, 1.807) is 11.3 Å². The Morgan fingerprint density at radius 1 is 1.35 bits per heavy atom. The average molecular weight is 277 g/mol. The number of aromatic nitrogens is 1. The van der Waals surface area contributed by atoms with Crippen molar-refractivity contribution in [1.82, 2.24) is 9.71 Å². The molecule has 0 aliphatic heterocycles. The second kappa shape index (κ2) is 4.91. The van der Waals surface area contributed by atoms with Crippen LogP contribution in [0.4, 0.5) is 5.13 Å². The molecular weight excluding hydrogens is 258 g/mol. The summed E-state index contributed by atoms with van der Waals surface area (Å²) < 4.78 is 24.9. The average Bonchev–Trinajstić information content (AvgIpc) is 2.39. The van der Waals surface area contributed by atoms with Crippen LogP contribution in [0, 0.1) is 13.8 Å². The van der Waals surface area contributed by atoms with Crippen LogP contribution in [0.3, 0.4) is 0 Å². The predicted molar refractivity (Wildman–Crippen MR) is 72.1 cm³/mol. The van der Waals surface area contributed by atoms with Crippen molar-refractivity contribution in [2.24, 2.45) is 0 Å². The molecular formula is C10H19N3O2S2. The minimum atomic E-state index is -3.20. The van der Waals surface area contributed by atoms with Gasteiger partial charge in [-0.05, 0) is 27.7 Å². The van der Waals surface area contributed by atoms with Crippen molar-refractivity contribution < 1.29 is 8.42 Å². The normalized spacial score (nSPS) is 12.8. The first-order valence-electron chi connectivity index (χ1n) is 5.26. The van der Waals surface area contributed by atoms with Crippen molar-refractivity contribution in [3.63, 3.8) is 0 Å². The number of sulfonamides is 1. The number of nitrogens with one attached hydrogen (secondary N) is 2. The van der Waals surface area contributed by atoms with Gasteiger partial charge in [0.25, 0.3) is 0 Å². The van der Waals surface area contributed by atoms with Gasteiger partial charge in [-0.3, -0.25) is 0 Å². The molecule has 0 aromatic carbocycles. The van der Waals surface area contributed by atoms with Gasteiger partial charge in [-0.2, -0.15) is 0 Å². The summed E-state index contributed by atoms with van der Waals surface area (Å²) in [5.74, 6) is 0. The number of nitrogens with zero attached hydrogens (tertiary/aromatic N) is 1. The van der Waals surface area contributed by atoms with Gasteiger partial charge in [0.1, 0.15) is 0 Å². The lowest BCUT2D eigenvalue weighted by molar-refractivity contribution is 0.476. The summed E-state index contributed by atoms with van der Waals surface area (Å²) in [7, 11) is -3.20. The molecule has 1 rings (SSSR count). The van der Waals surface area contributed by atoms with Crippen molar-refractivity contribution in [2.75, 3.05) is 18.1 Å². The maximum atomic E-state index is 11.2. The Kier molecular flexibility index (Phi) is 4.16. The monoisotopic (exact) mass is 277 g/mol. The minimum absolute atomic E-state index is 0.493. The maximum absolute atomic E-state index is 11.2. The predicted octanol–water partition coefficient (Wildman–Crippen LogP) is 1.50. The Hall–Kier alpha value is -0.660. The molecule has 7 heteroatoms. The van der Waals surface area contributed by atoms with Gasteiger partial charge in [-0.1, -0.05) is 0 Å². The van der Waals surface area contributed by atoms with E-state index in [0.29, 0.717) is 6.54 Å². The number of aryl methyl sites for hydroxylation is 2. The molecule has 0 unspecified atom stereocenters. The second-order valence-electron chi connectivity index (χ2n) is 4.77. The highest BCUT2D eigenvalue weighted by molar-refractivity contribution is 7.88. The van der Waals surface area contributed by atoms with Crippen molar-refractivity contribution in [3.8, 4) is 0 Å². The van der Waals surface area contributed by atoms with E-state index in [9.17, 15) is 8.42 Å². The molecule has 98 valence electrons. The summed E-state index contributed by atoms with van der Waals surface area (Å²) >= 11 is 1.57. The van der Waals surface area contributed by atoms with Crippen LogP contribution in [0.1, 0.15) is 24.4 Å². The Balaban J connectivity index is 2.61. The molecule has 17 heavy (non-hydrogen) atoms. The van der Waals surface area contributed by atoms with Gasteiger partial charge in [0.15, 0.2) is 5.13 Å². The number of hydrogen-bond acceptors (Lipinski definition) is 5. The lowest BCUT2D eigenvalue weighted by Gasteiger charge is -2.25. The molecule has 0 saturated heterocycles. The molecule has 2 N–H and O–H groups in total. The highest BCUT2D eigenvalue weighted by atomic mass is 32.2. The molecule has 0 atom stereocenters. The molecule has 0 fully saturated rings. The summed E-state index contributed by atoms with van der Waals surface area (Å²) in [4.78, 5) is 5.51. The summed E-state index contributed by atoms with van der Waals surface area (Å²) in [6.07, 6.45) is 1.16. The minimum Gasteiger partial charge on any atom is -0.360 e. The van der Waals surface area contributed by atoms with E-state index in [4.69, 9.17) is 0 Å². The molecule has 5 nitrogen and oxygen atoms in total. The van der Waals surface area contributed by atoms with E-state index in [0.717, 1.165) is 17.1 Å². The molecule has 0 radical (unpaired) electrons. The number of anilines is 1. The Morgan fingerprint density at radius 2 is 1.94 bits per heavy atom. The van der Waals surface area contributed by atoms with Crippen molar-refractivity contribution in [2.45, 2.75) is 33.2 Å². The van der Waals surface area contributed by atoms with Gasteiger partial charge in [0.2, 0.25) is 10.0 Å². The highest BCUT2D eigenvalue weighted by Crippen LogP contribution is 2.21. The zero-order valence-electron chi connectivity index (χ0n) is 10.8. The van der Waals surface area contributed by atoms with Crippen LogP contribution in [-0.2, 0) is 10.0 Å². The smallest absolute Gasteiger partial charge is 0.209 e. The molecule has 0 aliphatic rings. The lowest BCUT2D eigenvalue weighted by Crippen LogP contribution is -2.47. The molecule has 1 aromatic rings. The van der Waals surface area contributed by atoms with Crippen LogP contribution < -0.4 is 10.0 Å². The van der Waals surface area contributed by atoms with Gasteiger partial charge in [0, 0.05) is 17.0 Å². The van der Waals surface area contributed by atoms with Crippen molar-refractivity contribution in [3.05, 3.63) is 10.6 Å². The van der Waals surface area contributed by atoms with E-state index in [1.165, 1.54) is 4.88 Å². The fourth-order valence-electron chi connectivity index (χ4n) is 1.38. The molecule has 0 amide bonds. The summed E-state index contributed by atoms with van der Waals surface area (Å²) in [5.41, 5.74) is 0.465. The number of hydrogen-bond donors (Lipinski definition) is 2. The molecule has 1 aromatic heterocycles. The zero-order chi connectivity index (χ0) is 13.3.